The third-order valence-corrected chi connectivity index (χ3v) is 2.08. The number of rotatable bonds is 3. The Morgan fingerprint density at radius 2 is 1.75 bits per heavy atom. The van der Waals surface area contributed by atoms with E-state index in [1.165, 1.54) is 6.92 Å². The van der Waals surface area contributed by atoms with E-state index in [-0.39, 0.29) is 57.3 Å². The van der Waals surface area contributed by atoms with Crippen LogP contribution in [0.2, 0.25) is 0 Å². The van der Waals surface area contributed by atoms with Crippen LogP contribution >= 0.6 is 0 Å². The smallest absolute Gasteiger partial charge is 0.550 e. The van der Waals surface area contributed by atoms with Gasteiger partial charge >= 0.3 is 51.4 Å². The van der Waals surface area contributed by atoms with Crippen molar-refractivity contribution in [2.24, 2.45) is 0 Å². The van der Waals surface area contributed by atoms with Crippen molar-refractivity contribution in [2.75, 3.05) is 5.32 Å². The van der Waals surface area contributed by atoms with Gasteiger partial charge in [0.15, 0.2) is 0 Å². The molecule has 80 valence electrons. The molecule has 0 saturated heterocycles. The number of benzene rings is 1. The van der Waals surface area contributed by atoms with Crippen molar-refractivity contribution >= 4 is 17.6 Å². The summed E-state index contributed by atoms with van der Waals surface area (Å²) < 4.78 is 0. The van der Waals surface area contributed by atoms with E-state index >= 15 is 0 Å². The normalized spacial score (nSPS) is 11.1. The molecule has 0 saturated carbocycles. The maximum absolute atomic E-state index is 10.7. The predicted octanol–water partition coefficient (Wildman–Crippen LogP) is -2.50. The average Bonchev–Trinajstić information content (AvgIpc) is 2.17. The molecule has 1 rings (SSSR count). The van der Waals surface area contributed by atoms with Crippen LogP contribution in [-0.2, 0) is 9.59 Å². The third kappa shape index (κ3) is 4.76. The fourth-order valence-electron chi connectivity index (χ4n) is 1.19. The molecule has 1 amide bonds. The summed E-state index contributed by atoms with van der Waals surface area (Å²) in [6.07, 6.45) is 0. The molecule has 4 nitrogen and oxygen atoms in total. The molecule has 0 aliphatic carbocycles. The second-order valence-electron chi connectivity index (χ2n) is 3.34. The van der Waals surface area contributed by atoms with Crippen LogP contribution in [0.4, 0.5) is 5.69 Å². The molecular weight excluding hydrogens is 233 g/mol. The van der Waals surface area contributed by atoms with E-state index in [0.717, 1.165) is 0 Å². The van der Waals surface area contributed by atoms with Crippen LogP contribution in [-0.4, -0.2) is 11.9 Å². The zero-order chi connectivity index (χ0) is 11.4. The first kappa shape index (κ1) is 15.8. The molecule has 0 heterocycles. The van der Waals surface area contributed by atoms with Gasteiger partial charge in [0, 0.05) is 24.5 Å². The minimum absolute atomic E-state index is 0. The molecule has 0 radical (unpaired) electrons. The van der Waals surface area contributed by atoms with Gasteiger partial charge in [-0.05, 0) is 17.7 Å². The standard InChI is InChI=1S/C11H13NO3.K/c1-7(11(14)15)9-3-5-10(6-4-9)12-8(2)13;/h3-7H,1-2H3,(H,12,13)(H,14,15);/q;+1/p-1. The number of amides is 1. The van der Waals surface area contributed by atoms with Gasteiger partial charge in [-0.1, -0.05) is 19.1 Å². The number of hydrogen-bond donors (Lipinski definition) is 1. The number of carboxylic acid groups (broad SMARTS) is 1. The topological polar surface area (TPSA) is 69.2 Å². The zero-order valence-electron chi connectivity index (χ0n) is 9.61. The summed E-state index contributed by atoms with van der Waals surface area (Å²) in [6.45, 7) is 2.97. The van der Waals surface area contributed by atoms with Crippen molar-refractivity contribution in [2.45, 2.75) is 19.8 Å². The average molecular weight is 245 g/mol. The number of carboxylic acids is 1. The molecule has 1 N–H and O–H groups in total. The minimum atomic E-state index is -1.11. The van der Waals surface area contributed by atoms with Gasteiger partial charge in [0.2, 0.25) is 5.91 Å². The van der Waals surface area contributed by atoms with Gasteiger partial charge in [0.05, 0.1) is 0 Å². The van der Waals surface area contributed by atoms with Gasteiger partial charge in [-0.3, -0.25) is 4.79 Å². The minimum Gasteiger partial charge on any atom is -0.550 e. The number of hydrogen-bond acceptors (Lipinski definition) is 3. The van der Waals surface area contributed by atoms with Gasteiger partial charge < -0.3 is 15.2 Å². The Bertz CT molecular complexity index is 375. The first-order valence-corrected chi connectivity index (χ1v) is 4.59. The quantitative estimate of drug-likeness (QED) is 0.599. The van der Waals surface area contributed by atoms with Crippen LogP contribution in [0.25, 0.3) is 0 Å². The third-order valence-electron chi connectivity index (χ3n) is 2.08. The number of nitrogens with one attached hydrogen (secondary N) is 1. The van der Waals surface area contributed by atoms with Crippen LogP contribution in [0.15, 0.2) is 24.3 Å². The van der Waals surface area contributed by atoms with E-state index < -0.39 is 11.9 Å². The molecule has 5 heteroatoms. The van der Waals surface area contributed by atoms with Gasteiger partial charge in [-0.2, -0.15) is 0 Å². The molecule has 0 aromatic heterocycles. The van der Waals surface area contributed by atoms with Crippen molar-refractivity contribution in [1.29, 1.82) is 0 Å². The van der Waals surface area contributed by atoms with Gasteiger partial charge in [0.1, 0.15) is 0 Å². The number of anilines is 1. The number of carbonyl (C=O) groups is 2. The Morgan fingerprint density at radius 3 is 2.12 bits per heavy atom. The number of carbonyl (C=O) groups excluding carboxylic acids is 2. The summed E-state index contributed by atoms with van der Waals surface area (Å²) in [7, 11) is 0. The van der Waals surface area contributed by atoms with Crippen LogP contribution in [0.5, 0.6) is 0 Å². The van der Waals surface area contributed by atoms with Crippen LogP contribution in [0.3, 0.4) is 0 Å². The van der Waals surface area contributed by atoms with Gasteiger partial charge in [0.25, 0.3) is 0 Å². The van der Waals surface area contributed by atoms with E-state index in [9.17, 15) is 14.7 Å². The van der Waals surface area contributed by atoms with Crippen LogP contribution < -0.4 is 61.8 Å². The Morgan fingerprint density at radius 1 is 1.25 bits per heavy atom. The second kappa shape index (κ2) is 7.19. The van der Waals surface area contributed by atoms with Gasteiger partial charge in [-0.25, -0.2) is 0 Å². The molecule has 1 aromatic rings. The Balaban J connectivity index is 0.00000225. The first-order chi connectivity index (χ1) is 7.00. The van der Waals surface area contributed by atoms with Crippen LogP contribution in [0, 0.1) is 0 Å². The van der Waals surface area contributed by atoms with E-state index in [4.69, 9.17) is 0 Å². The van der Waals surface area contributed by atoms with E-state index in [2.05, 4.69) is 5.32 Å². The first-order valence-electron chi connectivity index (χ1n) is 4.59. The van der Waals surface area contributed by atoms with Crippen molar-refractivity contribution in [3.8, 4) is 0 Å². The summed E-state index contributed by atoms with van der Waals surface area (Å²) in [4.78, 5) is 21.3. The molecule has 1 aromatic carbocycles. The molecule has 1 unspecified atom stereocenters. The summed E-state index contributed by atoms with van der Waals surface area (Å²) >= 11 is 0. The largest absolute Gasteiger partial charge is 1.00 e. The van der Waals surface area contributed by atoms with Gasteiger partial charge in [-0.15, -0.1) is 0 Å². The summed E-state index contributed by atoms with van der Waals surface area (Å²) in [6, 6.07) is 6.64. The summed E-state index contributed by atoms with van der Waals surface area (Å²) in [5.41, 5.74) is 1.31. The van der Waals surface area contributed by atoms with Crippen molar-refractivity contribution < 1.29 is 66.1 Å². The fourth-order valence-corrected chi connectivity index (χ4v) is 1.19. The Labute approximate surface area is 137 Å². The van der Waals surface area contributed by atoms with Crippen LogP contribution in [0.1, 0.15) is 25.3 Å². The maximum Gasteiger partial charge on any atom is 1.00 e. The molecule has 0 aliphatic rings. The van der Waals surface area contributed by atoms with Crippen molar-refractivity contribution in [3.63, 3.8) is 0 Å². The maximum atomic E-state index is 10.7. The molecular formula is C11H12KNO3. The zero-order valence-corrected chi connectivity index (χ0v) is 12.7. The monoisotopic (exact) mass is 245 g/mol. The second-order valence-corrected chi connectivity index (χ2v) is 3.34. The van der Waals surface area contributed by atoms with E-state index in [1.807, 2.05) is 0 Å². The molecule has 0 aliphatic heterocycles. The predicted molar refractivity (Wildman–Crippen MR) is 54.2 cm³/mol. The van der Waals surface area contributed by atoms with Crippen molar-refractivity contribution in [1.82, 2.24) is 0 Å². The number of aliphatic carboxylic acids is 1. The van der Waals surface area contributed by atoms with E-state index in [1.54, 1.807) is 31.2 Å². The molecule has 1 atom stereocenters. The summed E-state index contributed by atoms with van der Waals surface area (Å²) in [5.74, 6) is -1.91. The molecule has 0 spiro atoms. The Hall–Kier alpha value is -0.204. The summed E-state index contributed by atoms with van der Waals surface area (Å²) in [5, 5.41) is 13.2. The molecule has 0 fully saturated rings. The van der Waals surface area contributed by atoms with E-state index in [0.29, 0.717) is 11.3 Å². The van der Waals surface area contributed by atoms with Crippen molar-refractivity contribution in [3.05, 3.63) is 29.8 Å². The SMILES string of the molecule is CC(=O)Nc1ccc(C(C)C(=O)[O-])cc1.[K+]. The molecule has 16 heavy (non-hydrogen) atoms. The Kier molecular flexibility index (Phi) is 7.09. The fraction of sp³-hybridized carbons (Fsp3) is 0.273. The molecule has 0 bridgehead atoms.